The van der Waals surface area contributed by atoms with Crippen LogP contribution in [-0.2, 0) is 14.3 Å². The van der Waals surface area contributed by atoms with Crippen molar-refractivity contribution in [3.05, 3.63) is 11.6 Å². The lowest BCUT2D eigenvalue weighted by molar-refractivity contribution is -0.142. The fourth-order valence-corrected chi connectivity index (χ4v) is 3.79. The molecule has 0 amide bonds. The van der Waals surface area contributed by atoms with Gasteiger partial charge >= 0.3 is 5.97 Å². The smallest absolute Gasteiger partial charge is 0.305 e. The Morgan fingerprint density at radius 2 is 2.28 bits per heavy atom. The molecule has 0 aromatic carbocycles. The van der Waals surface area contributed by atoms with E-state index < -0.39 is 0 Å². The predicted molar refractivity (Wildman–Crippen MR) is 69.0 cm³/mol. The van der Waals surface area contributed by atoms with E-state index in [0.717, 1.165) is 19.3 Å². The van der Waals surface area contributed by atoms with Gasteiger partial charge in [0.2, 0.25) is 0 Å². The first-order valence-corrected chi connectivity index (χ1v) is 6.78. The van der Waals surface area contributed by atoms with Gasteiger partial charge < -0.3 is 4.74 Å². The number of carbonyl (C=O) groups is 2. The molecule has 0 spiro atoms. The fraction of sp³-hybridized carbons (Fsp3) is 0.733. The van der Waals surface area contributed by atoms with Gasteiger partial charge in [0, 0.05) is 12.8 Å². The first-order chi connectivity index (χ1) is 8.47. The summed E-state index contributed by atoms with van der Waals surface area (Å²) in [5.41, 5.74) is 1.43. The average Bonchev–Trinajstić information content (AvgIpc) is 2.66. The third kappa shape index (κ3) is 2.23. The molecule has 3 heteroatoms. The first-order valence-electron chi connectivity index (χ1n) is 6.78. The normalized spacial score (nSPS) is 32.7. The van der Waals surface area contributed by atoms with E-state index in [1.807, 2.05) is 6.08 Å². The topological polar surface area (TPSA) is 43.4 Å². The highest BCUT2D eigenvalue weighted by Gasteiger charge is 2.46. The summed E-state index contributed by atoms with van der Waals surface area (Å²) in [4.78, 5) is 22.9. The van der Waals surface area contributed by atoms with Gasteiger partial charge in [-0.05, 0) is 42.6 Å². The number of allylic oxidation sites excluding steroid dienone is 2. The fourth-order valence-electron chi connectivity index (χ4n) is 3.79. The molecule has 1 saturated carbocycles. The third-order valence-corrected chi connectivity index (χ3v) is 4.91. The number of hydrogen-bond acceptors (Lipinski definition) is 3. The highest BCUT2D eigenvalue weighted by atomic mass is 16.5. The van der Waals surface area contributed by atoms with Crippen molar-refractivity contribution in [3.63, 3.8) is 0 Å². The molecule has 0 saturated heterocycles. The maximum absolute atomic E-state index is 11.5. The van der Waals surface area contributed by atoms with Crippen LogP contribution in [-0.4, -0.2) is 18.9 Å². The SMILES string of the molecule is COC(=O)C[C@@H](C)[C@H]1CCC2=CC(=O)CC[C@@]21C. The molecule has 2 aliphatic carbocycles. The molecule has 0 bridgehead atoms. The van der Waals surface area contributed by atoms with Gasteiger partial charge in [0.05, 0.1) is 7.11 Å². The van der Waals surface area contributed by atoms with Crippen LogP contribution in [0.15, 0.2) is 11.6 Å². The van der Waals surface area contributed by atoms with E-state index in [0.29, 0.717) is 24.7 Å². The Morgan fingerprint density at radius 3 is 2.94 bits per heavy atom. The van der Waals surface area contributed by atoms with Gasteiger partial charge in [-0.2, -0.15) is 0 Å². The maximum atomic E-state index is 11.5. The van der Waals surface area contributed by atoms with Crippen LogP contribution in [0, 0.1) is 17.3 Å². The van der Waals surface area contributed by atoms with Crippen molar-refractivity contribution >= 4 is 11.8 Å². The average molecular weight is 250 g/mol. The molecule has 1 fully saturated rings. The number of rotatable bonds is 3. The van der Waals surface area contributed by atoms with E-state index in [2.05, 4.69) is 13.8 Å². The highest BCUT2D eigenvalue weighted by molar-refractivity contribution is 5.91. The minimum absolute atomic E-state index is 0.126. The van der Waals surface area contributed by atoms with Crippen molar-refractivity contribution in [2.45, 2.75) is 46.0 Å². The second kappa shape index (κ2) is 4.87. The number of fused-ring (bicyclic) bond motifs is 1. The van der Waals surface area contributed by atoms with Crippen molar-refractivity contribution in [1.82, 2.24) is 0 Å². The lowest BCUT2D eigenvalue weighted by atomic mass is 9.66. The molecule has 2 aliphatic rings. The Balaban J connectivity index is 2.14. The molecule has 3 nitrogen and oxygen atoms in total. The molecule has 0 unspecified atom stereocenters. The Morgan fingerprint density at radius 1 is 1.56 bits per heavy atom. The van der Waals surface area contributed by atoms with Crippen LogP contribution in [0.4, 0.5) is 0 Å². The zero-order valence-electron chi connectivity index (χ0n) is 11.5. The van der Waals surface area contributed by atoms with Crippen LogP contribution >= 0.6 is 0 Å². The summed E-state index contributed by atoms with van der Waals surface area (Å²) in [5, 5.41) is 0. The molecule has 0 N–H and O–H groups in total. The number of ether oxygens (including phenoxy) is 1. The van der Waals surface area contributed by atoms with Gasteiger partial charge in [0.15, 0.2) is 5.78 Å². The summed E-state index contributed by atoms with van der Waals surface area (Å²) in [5.74, 6) is 0.955. The largest absolute Gasteiger partial charge is 0.469 e. The zero-order chi connectivity index (χ0) is 13.3. The molecular formula is C15H22O3. The molecule has 0 radical (unpaired) electrons. The summed E-state index contributed by atoms with van der Waals surface area (Å²) < 4.78 is 4.76. The van der Waals surface area contributed by atoms with Gasteiger partial charge in [-0.3, -0.25) is 9.59 Å². The molecule has 18 heavy (non-hydrogen) atoms. The summed E-state index contributed by atoms with van der Waals surface area (Å²) in [6.45, 7) is 4.39. The third-order valence-electron chi connectivity index (χ3n) is 4.91. The molecule has 0 aromatic heterocycles. The summed E-state index contributed by atoms with van der Waals surface area (Å²) in [6.07, 6.45) is 6.04. The summed E-state index contributed by atoms with van der Waals surface area (Å²) >= 11 is 0. The van der Waals surface area contributed by atoms with Crippen molar-refractivity contribution < 1.29 is 14.3 Å². The number of hydrogen-bond donors (Lipinski definition) is 0. The van der Waals surface area contributed by atoms with Crippen molar-refractivity contribution in [1.29, 1.82) is 0 Å². The van der Waals surface area contributed by atoms with E-state index in [1.165, 1.54) is 12.7 Å². The molecule has 0 aliphatic heterocycles. The Kier molecular flexibility index (Phi) is 3.60. The lowest BCUT2D eigenvalue weighted by Crippen LogP contribution is -2.32. The molecule has 0 heterocycles. The van der Waals surface area contributed by atoms with Gasteiger partial charge in [-0.1, -0.05) is 19.4 Å². The Bertz CT molecular complexity index is 397. The molecule has 0 aromatic rings. The van der Waals surface area contributed by atoms with E-state index >= 15 is 0 Å². The second-order valence-electron chi connectivity index (χ2n) is 5.96. The monoisotopic (exact) mass is 250 g/mol. The van der Waals surface area contributed by atoms with Crippen LogP contribution in [0.5, 0.6) is 0 Å². The van der Waals surface area contributed by atoms with E-state index in [4.69, 9.17) is 4.74 Å². The van der Waals surface area contributed by atoms with Crippen LogP contribution in [0.1, 0.15) is 46.0 Å². The zero-order valence-corrected chi connectivity index (χ0v) is 11.5. The van der Waals surface area contributed by atoms with E-state index in [-0.39, 0.29) is 17.2 Å². The summed E-state index contributed by atoms with van der Waals surface area (Å²) in [6, 6.07) is 0. The van der Waals surface area contributed by atoms with Gasteiger partial charge in [0.1, 0.15) is 0 Å². The Labute approximate surface area is 109 Å². The van der Waals surface area contributed by atoms with E-state index in [1.54, 1.807) is 0 Å². The molecule has 2 rings (SSSR count). The maximum Gasteiger partial charge on any atom is 0.305 e. The van der Waals surface area contributed by atoms with Crippen molar-refractivity contribution in [2.24, 2.45) is 17.3 Å². The molecule has 3 atom stereocenters. The van der Waals surface area contributed by atoms with Crippen LogP contribution in [0.25, 0.3) is 0 Å². The lowest BCUT2D eigenvalue weighted by Gasteiger charge is -2.38. The minimum atomic E-state index is -0.129. The quantitative estimate of drug-likeness (QED) is 0.723. The number of ketones is 1. The van der Waals surface area contributed by atoms with Gasteiger partial charge in [-0.15, -0.1) is 0 Å². The number of methoxy groups -OCH3 is 1. The first kappa shape index (κ1) is 13.3. The van der Waals surface area contributed by atoms with Crippen molar-refractivity contribution in [2.75, 3.05) is 7.11 Å². The van der Waals surface area contributed by atoms with Gasteiger partial charge in [-0.25, -0.2) is 0 Å². The predicted octanol–water partition coefficient (Wildman–Crippen LogP) is 2.89. The standard InChI is InChI=1S/C15H22O3/c1-10(8-14(17)18-3)13-5-4-11-9-12(16)6-7-15(11,13)2/h9-10,13H,4-8H2,1-3H3/t10-,13-,15+/m1/s1. The molecular weight excluding hydrogens is 228 g/mol. The minimum Gasteiger partial charge on any atom is -0.469 e. The van der Waals surface area contributed by atoms with E-state index in [9.17, 15) is 9.59 Å². The summed E-state index contributed by atoms with van der Waals surface area (Å²) in [7, 11) is 1.44. The highest BCUT2D eigenvalue weighted by Crippen LogP contribution is 2.55. The Hall–Kier alpha value is -1.12. The molecule has 100 valence electrons. The number of esters is 1. The van der Waals surface area contributed by atoms with Crippen LogP contribution in [0.2, 0.25) is 0 Å². The second-order valence-corrected chi connectivity index (χ2v) is 5.96. The van der Waals surface area contributed by atoms with Crippen molar-refractivity contribution in [3.8, 4) is 0 Å². The van der Waals surface area contributed by atoms with Crippen LogP contribution in [0.3, 0.4) is 0 Å². The number of carbonyl (C=O) groups excluding carboxylic acids is 2. The van der Waals surface area contributed by atoms with Gasteiger partial charge in [0.25, 0.3) is 0 Å². The van der Waals surface area contributed by atoms with Crippen LogP contribution < -0.4 is 0 Å².